The second-order valence-electron chi connectivity index (χ2n) is 3.37. The summed E-state index contributed by atoms with van der Waals surface area (Å²) in [7, 11) is 0. The third kappa shape index (κ3) is 3.24. The lowest BCUT2D eigenvalue weighted by Crippen LogP contribution is -2.12. The van der Waals surface area contributed by atoms with Crippen molar-refractivity contribution in [3.8, 4) is 5.75 Å². The van der Waals surface area contributed by atoms with E-state index in [1.54, 1.807) is 0 Å². The first kappa shape index (κ1) is 12.0. The topological polar surface area (TPSA) is 90.1 Å². The summed E-state index contributed by atoms with van der Waals surface area (Å²) in [5.74, 6) is -0.696. The Balaban J connectivity index is 1.92. The van der Waals surface area contributed by atoms with Crippen molar-refractivity contribution in [2.75, 3.05) is 0 Å². The molecule has 18 heavy (non-hydrogen) atoms. The van der Waals surface area contributed by atoms with Gasteiger partial charge in [0.15, 0.2) is 13.2 Å². The SMILES string of the molecule is O=C(O)Cn1nnc(COc2ccc(F)cc2)n1. The first-order valence-electron chi connectivity index (χ1n) is 5.00. The predicted octanol–water partition coefficient (Wildman–Crippen LogP) is 0.476. The Morgan fingerprint density at radius 3 is 2.78 bits per heavy atom. The van der Waals surface area contributed by atoms with Crippen molar-refractivity contribution in [3.05, 3.63) is 35.9 Å². The van der Waals surface area contributed by atoms with Crippen molar-refractivity contribution in [1.29, 1.82) is 0 Å². The van der Waals surface area contributed by atoms with E-state index in [-0.39, 0.29) is 24.8 Å². The van der Waals surface area contributed by atoms with Crippen LogP contribution < -0.4 is 4.74 Å². The molecule has 94 valence electrons. The molecule has 0 spiro atoms. The van der Waals surface area contributed by atoms with E-state index in [4.69, 9.17) is 9.84 Å². The number of halogens is 1. The molecule has 2 rings (SSSR count). The lowest BCUT2D eigenvalue weighted by Gasteiger charge is -2.01. The number of aromatic nitrogens is 4. The number of hydrogen-bond acceptors (Lipinski definition) is 5. The van der Waals surface area contributed by atoms with Crippen molar-refractivity contribution in [2.24, 2.45) is 0 Å². The number of nitrogens with zero attached hydrogens (tertiary/aromatic N) is 4. The summed E-state index contributed by atoms with van der Waals surface area (Å²) in [5, 5.41) is 19.5. The maximum absolute atomic E-state index is 12.6. The van der Waals surface area contributed by atoms with Crippen LogP contribution in [-0.4, -0.2) is 31.3 Å². The molecule has 0 unspecified atom stereocenters. The minimum atomic E-state index is -1.06. The van der Waals surface area contributed by atoms with E-state index < -0.39 is 5.97 Å². The van der Waals surface area contributed by atoms with E-state index in [1.165, 1.54) is 24.3 Å². The summed E-state index contributed by atoms with van der Waals surface area (Å²) in [5.41, 5.74) is 0. The summed E-state index contributed by atoms with van der Waals surface area (Å²) in [6.07, 6.45) is 0. The Kier molecular flexibility index (Phi) is 3.46. The van der Waals surface area contributed by atoms with Crippen LogP contribution in [0.25, 0.3) is 0 Å². The minimum absolute atomic E-state index is 0.0330. The van der Waals surface area contributed by atoms with E-state index in [9.17, 15) is 9.18 Å². The van der Waals surface area contributed by atoms with Crippen molar-refractivity contribution < 1.29 is 19.0 Å². The molecule has 1 aromatic carbocycles. The fourth-order valence-corrected chi connectivity index (χ4v) is 1.20. The summed E-state index contributed by atoms with van der Waals surface area (Å²) < 4.78 is 17.9. The van der Waals surface area contributed by atoms with Gasteiger partial charge in [0.2, 0.25) is 5.82 Å². The number of rotatable bonds is 5. The third-order valence-electron chi connectivity index (χ3n) is 1.95. The van der Waals surface area contributed by atoms with Gasteiger partial charge in [0.1, 0.15) is 11.6 Å². The maximum Gasteiger partial charge on any atom is 0.327 e. The van der Waals surface area contributed by atoms with E-state index in [2.05, 4.69) is 15.4 Å². The van der Waals surface area contributed by atoms with Crippen molar-refractivity contribution in [2.45, 2.75) is 13.2 Å². The third-order valence-corrected chi connectivity index (χ3v) is 1.95. The lowest BCUT2D eigenvalue weighted by molar-refractivity contribution is -0.138. The van der Waals surface area contributed by atoms with Crippen LogP contribution in [0.5, 0.6) is 5.75 Å². The van der Waals surface area contributed by atoms with Gasteiger partial charge >= 0.3 is 5.97 Å². The maximum atomic E-state index is 12.6. The van der Waals surface area contributed by atoms with Crippen LogP contribution in [0.1, 0.15) is 5.82 Å². The number of tetrazole rings is 1. The molecule has 0 atom stereocenters. The van der Waals surface area contributed by atoms with Crippen molar-refractivity contribution >= 4 is 5.97 Å². The van der Waals surface area contributed by atoms with Crippen LogP contribution in [0.15, 0.2) is 24.3 Å². The highest BCUT2D eigenvalue weighted by Gasteiger charge is 2.06. The Bertz CT molecular complexity index is 540. The molecule has 0 aliphatic heterocycles. The van der Waals surface area contributed by atoms with Gasteiger partial charge in [0.05, 0.1) is 0 Å². The second-order valence-corrected chi connectivity index (χ2v) is 3.37. The molecule has 0 aliphatic carbocycles. The van der Waals surface area contributed by atoms with Gasteiger partial charge in [-0.15, -0.1) is 10.2 Å². The molecular formula is C10H9FN4O3. The molecule has 0 aliphatic rings. The Hall–Kier alpha value is -2.51. The van der Waals surface area contributed by atoms with E-state index in [0.29, 0.717) is 5.75 Å². The van der Waals surface area contributed by atoms with Crippen molar-refractivity contribution in [1.82, 2.24) is 20.2 Å². The van der Waals surface area contributed by atoms with Gasteiger partial charge in [-0.3, -0.25) is 4.79 Å². The second kappa shape index (κ2) is 5.21. The molecule has 8 heteroatoms. The smallest absolute Gasteiger partial charge is 0.327 e. The predicted molar refractivity (Wildman–Crippen MR) is 56.2 cm³/mol. The molecule has 1 aromatic heterocycles. The summed E-state index contributed by atoms with van der Waals surface area (Å²) in [4.78, 5) is 11.3. The van der Waals surface area contributed by atoms with Crippen LogP contribution in [0, 0.1) is 5.82 Å². The molecular weight excluding hydrogens is 243 g/mol. The molecule has 0 saturated carbocycles. The highest BCUT2D eigenvalue weighted by atomic mass is 19.1. The average Bonchev–Trinajstić information content (AvgIpc) is 2.75. The largest absolute Gasteiger partial charge is 0.485 e. The van der Waals surface area contributed by atoms with Gasteiger partial charge < -0.3 is 9.84 Å². The van der Waals surface area contributed by atoms with Gasteiger partial charge in [-0.25, -0.2) is 4.39 Å². The number of aliphatic carboxylic acids is 1. The minimum Gasteiger partial charge on any atom is -0.485 e. The molecule has 0 fully saturated rings. The summed E-state index contributed by atoms with van der Waals surface area (Å²) in [6, 6.07) is 5.47. The highest BCUT2D eigenvalue weighted by Crippen LogP contribution is 2.11. The van der Waals surface area contributed by atoms with Crippen LogP contribution in [0.2, 0.25) is 0 Å². The quantitative estimate of drug-likeness (QED) is 0.832. The average molecular weight is 252 g/mol. The first-order valence-corrected chi connectivity index (χ1v) is 5.00. The summed E-state index contributed by atoms with van der Waals surface area (Å²) in [6.45, 7) is -0.325. The van der Waals surface area contributed by atoms with Gasteiger partial charge in [-0.05, 0) is 29.5 Å². The number of hydrogen-bond donors (Lipinski definition) is 1. The van der Waals surface area contributed by atoms with Crippen LogP contribution in [-0.2, 0) is 17.9 Å². The van der Waals surface area contributed by atoms with Gasteiger partial charge in [-0.1, -0.05) is 0 Å². The molecule has 0 amide bonds. The van der Waals surface area contributed by atoms with Crippen LogP contribution in [0.3, 0.4) is 0 Å². The van der Waals surface area contributed by atoms with Crippen molar-refractivity contribution in [3.63, 3.8) is 0 Å². The highest BCUT2D eigenvalue weighted by molar-refractivity contribution is 5.66. The lowest BCUT2D eigenvalue weighted by atomic mass is 10.3. The zero-order chi connectivity index (χ0) is 13.0. The Morgan fingerprint density at radius 1 is 1.39 bits per heavy atom. The van der Waals surface area contributed by atoms with Gasteiger partial charge in [0.25, 0.3) is 0 Å². The molecule has 7 nitrogen and oxygen atoms in total. The fourth-order valence-electron chi connectivity index (χ4n) is 1.20. The molecule has 2 aromatic rings. The van der Waals surface area contributed by atoms with Gasteiger partial charge in [0, 0.05) is 0 Å². The molecule has 1 N–H and O–H groups in total. The summed E-state index contributed by atoms with van der Waals surface area (Å²) >= 11 is 0. The number of carbonyl (C=O) groups is 1. The molecule has 0 bridgehead atoms. The van der Waals surface area contributed by atoms with Gasteiger partial charge in [-0.2, -0.15) is 4.80 Å². The number of carboxylic acids is 1. The number of ether oxygens (including phenoxy) is 1. The molecule has 0 saturated heterocycles. The zero-order valence-corrected chi connectivity index (χ0v) is 9.15. The Labute approximate surface area is 101 Å². The van der Waals surface area contributed by atoms with Crippen LogP contribution >= 0.6 is 0 Å². The number of benzene rings is 1. The zero-order valence-electron chi connectivity index (χ0n) is 9.15. The normalized spacial score (nSPS) is 10.3. The molecule has 0 radical (unpaired) electrons. The fraction of sp³-hybridized carbons (Fsp3) is 0.200. The Morgan fingerprint density at radius 2 is 2.11 bits per heavy atom. The van der Waals surface area contributed by atoms with E-state index >= 15 is 0 Å². The van der Waals surface area contributed by atoms with Crippen LogP contribution in [0.4, 0.5) is 4.39 Å². The first-order chi connectivity index (χ1) is 8.63. The van der Waals surface area contributed by atoms with E-state index in [1.807, 2.05) is 0 Å². The van der Waals surface area contributed by atoms with E-state index in [0.717, 1.165) is 4.80 Å². The molecule has 1 heterocycles. The monoisotopic (exact) mass is 252 g/mol. The number of carboxylic acid groups (broad SMARTS) is 1. The standard InChI is InChI=1S/C10H9FN4O3/c11-7-1-3-8(4-2-7)18-6-9-12-14-15(13-9)5-10(16)17/h1-4H,5-6H2,(H,16,17).